The molecule has 0 atom stereocenters. The van der Waals surface area contributed by atoms with Crippen molar-refractivity contribution in [2.75, 3.05) is 18.5 Å². The molecule has 1 amide bonds. The largest absolute Gasteiger partial charge is 0.455 e. The SMILES string of the molecule is Cc1ccc(S(=O)(=O)NCC(=O)OCC(=O)Nc2ccc(Br)cc2F)cc1. The van der Waals surface area contributed by atoms with Gasteiger partial charge >= 0.3 is 5.97 Å². The number of sulfonamides is 1. The van der Waals surface area contributed by atoms with E-state index < -0.39 is 40.9 Å². The van der Waals surface area contributed by atoms with Crippen molar-refractivity contribution in [1.82, 2.24) is 4.72 Å². The molecular weight excluding hydrogens is 443 g/mol. The van der Waals surface area contributed by atoms with Crippen molar-refractivity contribution < 1.29 is 27.1 Å². The molecule has 0 spiro atoms. The van der Waals surface area contributed by atoms with Crippen molar-refractivity contribution in [2.45, 2.75) is 11.8 Å². The van der Waals surface area contributed by atoms with Crippen LogP contribution >= 0.6 is 15.9 Å². The normalized spacial score (nSPS) is 11.1. The second kappa shape index (κ2) is 9.07. The number of rotatable bonds is 7. The molecule has 0 radical (unpaired) electrons. The molecule has 0 heterocycles. The van der Waals surface area contributed by atoms with Crippen LogP contribution < -0.4 is 10.0 Å². The van der Waals surface area contributed by atoms with E-state index >= 15 is 0 Å². The molecule has 10 heteroatoms. The molecule has 2 rings (SSSR count). The molecular formula is C17H16BrFN2O5S. The molecule has 0 unspecified atom stereocenters. The zero-order valence-electron chi connectivity index (χ0n) is 14.2. The number of carbonyl (C=O) groups is 2. The summed E-state index contributed by atoms with van der Waals surface area (Å²) in [5.41, 5.74) is 0.820. The van der Waals surface area contributed by atoms with Crippen LogP contribution in [0.15, 0.2) is 51.8 Å². The van der Waals surface area contributed by atoms with Gasteiger partial charge < -0.3 is 10.1 Å². The van der Waals surface area contributed by atoms with Gasteiger partial charge in [0.15, 0.2) is 6.61 Å². The summed E-state index contributed by atoms with van der Waals surface area (Å²) >= 11 is 3.09. The highest BCUT2D eigenvalue weighted by Gasteiger charge is 2.17. The third kappa shape index (κ3) is 6.42. The summed E-state index contributed by atoms with van der Waals surface area (Å²) in [6.07, 6.45) is 0. The first-order valence-corrected chi connectivity index (χ1v) is 9.92. The lowest BCUT2D eigenvalue weighted by Crippen LogP contribution is -2.32. The summed E-state index contributed by atoms with van der Waals surface area (Å²) in [5, 5.41) is 2.25. The summed E-state index contributed by atoms with van der Waals surface area (Å²) in [7, 11) is -3.87. The Morgan fingerprint density at radius 1 is 1.15 bits per heavy atom. The molecule has 0 bridgehead atoms. The Bertz CT molecular complexity index is 948. The van der Waals surface area contributed by atoms with E-state index in [9.17, 15) is 22.4 Å². The number of hydrogen-bond acceptors (Lipinski definition) is 5. The molecule has 2 aromatic rings. The van der Waals surface area contributed by atoms with Gasteiger partial charge in [-0.15, -0.1) is 0 Å². The first-order valence-electron chi connectivity index (χ1n) is 7.64. The van der Waals surface area contributed by atoms with Gasteiger partial charge in [-0.2, -0.15) is 4.72 Å². The zero-order chi connectivity index (χ0) is 20.0. The van der Waals surface area contributed by atoms with Crippen LogP contribution in [0.5, 0.6) is 0 Å². The predicted molar refractivity (Wildman–Crippen MR) is 100 cm³/mol. The van der Waals surface area contributed by atoms with Crippen LogP contribution in [0.2, 0.25) is 0 Å². The number of anilines is 1. The minimum atomic E-state index is -3.87. The first kappa shape index (κ1) is 21.0. The molecule has 2 aromatic carbocycles. The van der Waals surface area contributed by atoms with E-state index in [-0.39, 0.29) is 10.6 Å². The fraction of sp³-hybridized carbons (Fsp3) is 0.176. The van der Waals surface area contributed by atoms with Gasteiger partial charge in [-0.3, -0.25) is 9.59 Å². The maximum atomic E-state index is 13.6. The highest BCUT2D eigenvalue weighted by atomic mass is 79.9. The van der Waals surface area contributed by atoms with E-state index in [1.54, 1.807) is 12.1 Å². The Labute approximate surface area is 164 Å². The average molecular weight is 459 g/mol. The molecule has 0 aromatic heterocycles. The minimum Gasteiger partial charge on any atom is -0.455 e. The fourth-order valence-electron chi connectivity index (χ4n) is 1.93. The van der Waals surface area contributed by atoms with Crippen LogP contribution in [0, 0.1) is 12.7 Å². The molecule has 0 saturated carbocycles. The molecule has 7 nitrogen and oxygen atoms in total. The molecule has 0 aliphatic carbocycles. The van der Waals surface area contributed by atoms with Crippen LogP contribution in [-0.4, -0.2) is 33.4 Å². The van der Waals surface area contributed by atoms with Crippen LogP contribution in [-0.2, 0) is 24.3 Å². The topological polar surface area (TPSA) is 102 Å². The van der Waals surface area contributed by atoms with E-state index in [4.69, 9.17) is 0 Å². The van der Waals surface area contributed by atoms with E-state index in [1.807, 2.05) is 6.92 Å². The number of aryl methyl sites for hydroxylation is 1. The second-order valence-corrected chi connectivity index (χ2v) is 8.15. The summed E-state index contributed by atoms with van der Waals surface area (Å²) in [4.78, 5) is 23.3. The second-order valence-electron chi connectivity index (χ2n) is 5.47. The van der Waals surface area contributed by atoms with E-state index in [2.05, 4.69) is 30.7 Å². The Hall–Kier alpha value is -2.30. The molecule has 27 heavy (non-hydrogen) atoms. The lowest BCUT2D eigenvalue weighted by Gasteiger charge is -2.09. The van der Waals surface area contributed by atoms with Crippen molar-refractivity contribution >= 4 is 43.5 Å². The van der Waals surface area contributed by atoms with Gasteiger partial charge in [0.1, 0.15) is 12.4 Å². The van der Waals surface area contributed by atoms with Crippen LogP contribution in [0.3, 0.4) is 0 Å². The molecule has 0 saturated heterocycles. The zero-order valence-corrected chi connectivity index (χ0v) is 16.6. The Kier molecular flexibility index (Phi) is 7.05. The molecule has 2 N–H and O–H groups in total. The monoisotopic (exact) mass is 458 g/mol. The number of benzene rings is 2. The van der Waals surface area contributed by atoms with Gasteiger partial charge in [-0.1, -0.05) is 33.6 Å². The number of amides is 1. The third-order valence-corrected chi connectivity index (χ3v) is 5.22. The molecule has 0 fully saturated rings. The van der Waals surface area contributed by atoms with Crippen LogP contribution in [0.1, 0.15) is 5.56 Å². The Balaban J connectivity index is 1.81. The van der Waals surface area contributed by atoms with Gasteiger partial charge in [0.05, 0.1) is 10.6 Å². The Morgan fingerprint density at radius 3 is 2.44 bits per heavy atom. The predicted octanol–water partition coefficient (Wildman–Crippen LogP) is 2.36. The van der Waals surface area contributed by atoms with Crippen molar-refractivity contribution in [3.8, 4) is 0 Å². The fourth-order valence-corrected chi connectivity index (χ4v) is 3.23. The quantitative estimate of drug-likeness (QED) is 0.620. The van der Waals surface area contributed by atoms with Crippen molar-refractivity contribution in [3.63, 3.8) is 0 Å². The van der Waals surface area contributed by atoms with Gasteiger partial charge in [-0.25, -0.2) is 12.8 Å². The highest BCUT2D eigenvalue weighted by molar-refractivity contribution is 9.10. The maximum absolute atomic E-state index is 13.6. The summed E-state index contributed by atoms with van der Waals surface area (Å²) in [6, 6.07) is 10.1. The average Bonchev–Trinajstić information content (AvgIpc) is 2.61. The van der Waals surface area contributed by atoms with Crippen molar-refractivity contribution in [1.29, 1.82) is 0 Å². The van der Waals surface area contributed by atoms with Crippen LogP contribution in [0.4, 0.5) is 10.1 Å². The maximum Gasteiger partial charge on any atom is 0.321 e. The number of carbonyl (C=O) groups excluding carboxylic acids is 2. The van der Waals surface area contributed by atoms with Gasteiger partial charge in [0, 0.05) is 4.47 Å². The highest BCUT2D eigenvalue weighted by Crippen LogP contribution is 2.19. The summed E-state index contributed by atoms with van der Waals surface area (Å²) in [6.45, 7) is 0.489. The number of nitrogens with one attached hydrogen (secondary N) is 2. The van der Waals surface area contributed by atoms with Crippen molar-refractivity contribution in [2.24, 2.45) is 0 Å². The summed E-state index contributed by atoms with van der Waals surface area (Å²) in [5.74, 6) is -2.36. The van der Waals surface area contributed by atoms with Crippen molar-refractivity contribution in [3.05, 3.63) is 58.3 Å². The lowest BCUT2D eigenvalue weighted by molar-refractivity contribution is -0.146. The van der Waals surface area contributed by atoms with Gasteiger partial charge in [0.2, 0.25) is 10.0 Å². The smallest absolute Gasteiger partial charge is 0.321 e. The van der Waals surface area contributed by atoms with Gasteiger partial charge in [-0.05, 0) is 37.3 Å². The number of ether oxygens (including phenoxy) is 1. The summed E-state index contributed by atoms with van der Waals surface area (Å²) < 4.78 is 45.0. The lowest BCUT2D eigenvalue weighted by atomic mass is 10.2. The molecule has 0 aliphatic rings. The van der Waals surface area contributed by atoms with E-state index in [0.29, 0.717) is 4.47 Å². The number of halogens is 2. The van der Waals surface area contributed by atoms with Gasteiger partial charge in [0.25, 0.3) is 5.91 Å². The van der Waals surface area contributed by atoms with E-state index in [1.165, 1.54) is 30.3 Å². The third-order valence-electron chi connectivity index (χ3n) is 3.31. The number of hydrogen-bond donors (Lipinski definition) is 2. The Morgan fingerprint density at radius 2 is 1.81 bits per heavy atom. The molecule has 144 valence electrons. The number of esters is 1. The first-order chi connectivity index (χ1) is 12.7. The molecule has 0 aliphatic heterocycles. The van der Waals surface area contributed by atoms with Crippen LogP contribution in [0.25, 0.3) is 0 Å². The van der Waals surface area contributed by atoms with E-state index in [0.717, 1.165) is 5.56 Å². The minimum absolute atomic E-state index is 0.00403. The standard InChI is InChI=1S/C17H16BrFN2O5S/c1-11-2-5-13(6-3-11)27(24,25)20-9-17(23)26-10-16(22)21-15-7-4-12(18)8-14(15)19/h2-8,20H,9-10H2,1H3,(H,21,22).